The lowest BCUT2D eigenvalue weighted by Crippen LogP contribution is -2.65. The van der Waals surface area contributed by atoms with Crippen molar-refractivity contribution >= 4 is 31.6 Å². The summed E-state index contributed by atoms with van der Waals surface area (Å²) in [5.74, 6) is -0.0542. The standard InChI is InChI=1S/C19H22BrN3O5S/c1-21(29(27,28)18-6-4-3-5-15(18)23(25)26)11-16-19(17(12-24)22(16)2)13-7-9-14(20)10-8-13/h3-10,16-17,19,24H,11-12H2,1-2H3/t16-,17?,19+/m0/s1. The number of benzene rings is 2. The molecule has 1 saturated heterocycles. The average molecular weight is 484 g/mol. The topological polar surface area (TPSA) is 104 Å². The Kier molecular flexibility index (Phi) is 6.39. The number of halogens is 1. The molecule has 0 bridgehead atoms. The van der Waals surface area contributed by atoms with Crippen LogP contribution in [0.4, 0.5) is 5.69 Å². The quantitative estimate of drug-likeness (QED) is 0.478. The van der Waals surface area contributed by atoms with Crippen LogP contribution in [-0.4, -0.2) is 67.0 Å². The lowest BCUT2D eigenvalue weighted by Gasteiger charge is -2.54. The Hall–Kier alpha value is -1.85. The highest BCUT2D eigenvalue weighted by atomic mass is 79.9. The number of nitro benzene ring substituents is 1. The second kappa shape index (κ2) is 8.49. The Morgan fingerprint density at radius 3 is 2.38 bits per heavy atom. The number of likely N-dealkylation sites (N-methyl/N-ethyl adjacent to an activating group) is 2. The normalized spacial score (nSPS) is 22.4. The number of hydrogen-bond acceptors (Lipinski definition) is 6. The van der Waals surface area contributed by atoms with Crippen LogP contribution < -0.4 is 0 Å². The zero-order valence-electron chi connectivity index (χ0n) is 16.0. The van der Waals surface area contributed by atoms with Crippen LogP contribution in [0.15, 0.2) is 57.9 Å². The van der Waals surface area contributed by atoms with Gasteiger partial charge in [0, 0.05) is 42.1 Å². The fourth-order valence-corrected chi connectivity index (χ4v) is 5.48. The van der Waals surface area contributed by atoms with E-state index >= 15 is 0 Å². The summed E-state index contributed by atoms with van der Waals surface area (Å²) in [6.45, 7) is 0.0937. The molecule has 29 heavy (non-hydrogen) atoms. The van der Waals surface area contributed by atoms with E-state index in [1.807, 2.05) is 36.2 Å². The van der Waals surface area contributed by atoms with Crippen LogP contribution >= 0.6 is 15.9 Å². The lowest BCUT2D eigenvalue weighted by atomic mass is 9.75. The Morgan fingerprint density at radius 2 is 1.79 bits per heavy atom. The van der Waals surface area contributed by atoms with E-state index in [0.29, 0.717) is 0 Å². The summed E-state index contributed by atoms with van der Waals surface area (Å²) in [5.41, 5.74) is 0.561. The number of nitro groups is 1. The van der Waals surface area contributed by atoms with Crippen LogP contribution in [0.5, 0.6) is 0 Å². The molecule has 0 radical (unpaired) electrons. The maximum absolute atomic E-state index is 13.0. The molecule has 0 aliphatic carbocycles. The van der Waals surface area contributed by atoms with E-state index in [1.165, 1.54) is 31.3 Å². The first kappa shape index (κ1) is 21.8. The van der Waals surface area contributed by atoms with Gasteiger partial charge in [0.25, 0.3) is 5.69 Å². The van der Waals surface area contributed by atoms with Crippen molar-refractivity contribution in [2.75, 3.05) is 27.2 Å². The van der Waals surface area contributed by atoms with Crippen molar-refractivity contribution in [1.29, 1.82) is 0 Å². The maximum atomic E-state index is 13.0. The van der Waals surface area contributed by atoms with Gasteiger partial charge >= 0.3 is 0 Å². The maximum Gasteiger partial charge on any atom is 0.289 e. The van der Waals surface area contributed by atoms with Crippen molar-refractivity contribution < 1.29 is 18.4 Å². The molecule has 3 atom stereocenters. The fraction of sp³-hybridized carbons (Fsp3) is 0.368. The van der Waals surface area contributed by atoms with Gasteiger partial charge in [-0.25, -0.2) is 8.42 Å². The molecule has 2 aromatic carbocycles. The van der Waals surface area contributed by atoms with Gasteiger partial charge in [0.05, 0.1) is 11.5 Å². The highest BCUT2D eigenvalue weighted by molar-refractivity contribution is 9.10. The zero-order chi connectivity index (χ0) is 21.3. The molecule has 10 heteroatoms. The number of aliphatic hydroxyl groups is 1. The van der Waals surface area contributed by atoms with E-state index in [0.717, 1.165) is 14.3 Å². The van der Waals surface area contributed by atoms with Crippen LogP contribution in [0.1, 0.15) is 11.5 Å². The minimum atomic E-state index is -4.05. The predicted octanol–water partition coefficient (Wildman–Crippen LogP) is 2.44. The molecule has 156 valence electrons. The molecule has 1 aliphatic heterocycles. The Bertz CT molecular complexity index is 999. The number of aliphatic hydroxyl groups excluding tert-OH is 1. The monoisotopic (exact) mass is 483 g/mol. The summed E-state index contributed by atoms with van der Waals surface area (Å²) in [6, 6.07) is 12.8. The number of sulfonamides is 1. The molecule has 3 rings (SSSR count). The average Bonchev–Trinajstić information content (AvgIpc) is 2.70. The molecular weight excluding hydrogens is 462 g/mol. The van der Waals surface area contributed by atoms with Crippen LogP contribution in [0.2, 0.25) is 0 Å². The first-order chi connectivity index (χ1) is 13.7. The van der Waals surface area contributed by atoms with Gasteiger partial charge in [-0.3, -0.25) is 15.0 Å². The zero-order valence-corrected chi connectivity index (χ0v) is 18.4. The molecule has 8 nitrogen and oxygen atoms in total. The molecule has 0 aromatic heterocycles. The molecule has 0 amide bonds. The summed E-state index contributed by atoms with van der Waals surface area (Å²) < 4.78 is 28.1. The second-order valence-electron chi connectivity index (χ2n) is 7.07. The highest BCUT2D eigenvalue weighted by Crippen LogP contribution is 2.40. The van der Waals surface area contributed by atoms with Crippen molar-refractivity contribution in [3.8, 4) is 0 Å². The first-order valence-electron chi connectivity index (χ1n) is 8.96. The van der Waals surface area contributed by atoms with Gasteiger partial charge in [-0.2, -0.15) is 4.31 Å². The predicted molar refractivity (Wildman–Crippen MR) is 112 cm³/mol. The molecule has 1 fully saturated rings. The van der Waals surface area contributed by atoms with Crippen molar-refractivity contribution in [3.05, 3.63) is 68.7 Å². The van der Waals surface area contributed by atoms with Gasteiger partial charge in [-0.1, -0.05) is 40.2 Å². The van der Waals surface area contributed by atoms with Gasteiger partial charge in [-0.15, -0.1) is 0 Å². The summed E-state index contributed by atoms with van der Waals surface area (Å²) >= 11 is 3.40. The minimum absolute atomic E-state index is 0.0473. The Morgan fingerprint density at radius 1 is 1.17 bits per heavy atom. The molecular formula is C19H22BrN3O5S. The summed E-state index contributed by atoms with van der Waals surface area (Å²) in [6.07, 6.45) is 0. The van der Waals surface area contributed by atoms with Gasteiger partial charge in [0.15, 0.2) is 4.90 Å². The third-order valence-electron chi connectivity index (χ3n) is 5.51. The molecule has 1 N–H and O–H groups in total. The summed E-state index contributed by atoms with van der Waals surface area (Å²) in [5, 5.41) is 21.0. The largest absolute Gasteiger partial charge is 0.395 e. The van der Waals surface area contributed by atoms with Gasteiger partial charge in [0.1, 0.15) is 0 Å². The highest BCUT2D eigenvalue weighted by Gasteiger charge is 2.47. The molecule has 0 saturated carbocycles. The van der Waals surface area contributed by atoms with E-state index in [9.17, 15) is 23.6 Å². The number of nitrogens with zero attached hydrogens (tertiary/aromatic N) is 3. The van der Waals surface area contributed by atoms with Gasteiger partial charge in [0.2, 0.25) is 10.0 Å². The Balaban J connectivity index is 1.87. The molecule has 1 unspecified atom stereocenters. The fourth-order valence-electron chi connectivity index (χ4n) is 3.88. The van der Waals surface area contributed by atoms with Crippen LogP contribution in [-0.2, 0) is 10.0 Å². The van der Waals surface area contributed by atoms with E-state index < -0.39 is 20.6 Å². The lowest BCUT2D eigenvalue weighted by molar-refractivity contribution is -0.387. The molecule has 1 aliphatic rings. The Labute approximate surface area is 178 Å². The number of likely N-dealkylation sites (tertiary alicyclic amines) is 1. The van der Waals surface area contributed by atoms with E-state index in [4.69, 9.17) is 0 Å². The third-order valence-corrected chi connectivity index (χ3v) is 7.91. The number of hydrogen-bond donors (Lipinski definition) is 1. The molecule has 2 aromatic rings. The molecule has 0 spiro atoms. The summed E-state index contributed by atoms with van der Waals surface area (Å²) in [4.78, 5) is 12.2. The minimum Gasteiger partial charge on any atom is -0.395 e. The van der Waals surface area contributed by atoms with E-state index in [1.54, 1.807) is 0 Å². The van der Waals surface area contributed by atoms with Crippen molar-refractivity contribution in [1.82, 2.24) is 9.21 Å². The van der Waals surface area contributed by atoms with Crippen LogP contribution in [0.25, 0.3) is 0 Å². The van der Waals surface area contributed by atoms with Crippen LogP contribution in [0, 0.1) is 10.1 Å². The SMILES string of the molecule is CN1C(CO)[C@H](c2ccc(Br)cc2)[C@@H]1CN(C)S(=O)(=O)c1ccccc1[N+](=O)[O-]. The van der Waals surface area contributed by atoms with Gasteiger partial charge in [-0.05, 0) is 30.8 Å². The van der Waals surface area contributed by atoms with Crippen LogP contribution in [0.3, 0.4) is 0 Å². The second-order valence-corrected chi connectivity index (χ2v) is 10.00. The number of rotatable bonds is 7. The van der Waals surface area contributed by atoms with E-state index in [2.05, 4.69) is 15.9 Å². The first-order valence-corrected chi connectivity index (χ1v) is 11.2. The summed E-state index contributed by atoms with van der Waals surface area (Å²) in [7, 11) is -0.790. The third kappa shape index (κ3) is 4.08. The smallest absolute Gasteiger partial charge is 0.289 e. The number of para-hydroxylation sites is 1. The van der Waals surface area contributed by atoms with E-state index in [-0.39, 0.29) is 36.0 Å². The van der Waals surface area contributed by atoms with Crippen molar-refractivity contribution in [2.45, 2.75) is 22.9 Å². The molecule has 1 heterocycles. The van der Waals surface area contributed by atoms with Crippen molar-refractivity contribution in [2.24, 2.45) is 0 Å². The van der Waals surface area contributed by atoms with Gasteiger partial charge < -0.3 is 5.11 Å². The van der Waals surface area contributed by atoms with Crippen molar-refractivity contribution in [3.63, 3.8) is 0 Å².